The number of nitrogens with one attached hydrogen (secondary N) is 1. The van der Waals surface area contributed by atoms with Gasteiger partial charge < -0.3 is 0 Å². The Morgan fingerprint density at radius 2 is 1.67 bits per heavy atom. The van der Waals surface area contributed by atoms with Crippen molar-refractivity contribution in [3.8, 4) is 0 Å². The number of hydrazine groups is 1. The van der Waals surface area contributed by atoms with Crippen LogP contribution in [0.4, 0.5) is 0 Å². The molecule has 2 rings (SSSR count). The van der Waals surface area contributed by atoms with Crippen LogP contribution in [0.15, 0.2) is 24.3 Å². The van der Waals surface area contributed by atoms with Crippen molar-refractivity contribution in [1.29, 1.82) is 0 Å². The second kappa shape index (κ2) is 6.37. The van der Waals surface area contributed by atoms with E-state index >= 15 is 0 Å². The van der Waals surface area contributed by atoms with Crippen LogP contribution in [0.2, 0.25) is 0 Å². The van der Waals surface area contributed by atoms with Crippen molar-refractivity contribution in [3.05, 3.63) is 63.5 Å². The number of pyridine rings is 1. The van der Waals surface area contributed by atoms with Gasteiger partial charge in [0, 0.05) is 11.4 Å². The first kappa shape index (κ1) is 15.7. The van der Waals surface area contributed by atoms with Crippen molar-refractivity contribution < 1.29 is 0 Å². The van der Waals surface area contributed by atoms with E-state index in [0.717, 1.165) is 17.8 Å². The third kappa shape index (κ3) is 3.49. The molecule has 112 valence electrons. The summed E-state index contributed by atoms with van der Waals surface area (Å²) < 4.78 is 0. The molecule has 1 aromatic carbocycles. The molecule has 0 aliphatic carbocycles. The predicted octanol–water partition coefficient (Wildman–Crippen LogP) is 3.37. The summed E-state index contributed by atoms with van der Waals surface area (Å²) in [4.78, 5) is 4.55. The van der Waals surface area contributed by atoms with Crippen molar-refractivity contribution in [2.24, 2.45) is 5.84 Å². The molecule has 0 saturated carbocycles. The Morgan fingerprint density at radius 1 is 1.05 bits per heavy atom. The van der Waals surface area contributed by atoms with E-state index in [9.17, 15) is 0 Å². The van der Waals surface area contributed by atoms with Gasteiger partial charge in [0.05, 0.1) is 6.04 Å². The molecule has 3 nitrogen and oxygen atoms in total. The molecule has 1 unspecified atom stereocenters. The highest BCUT2D eigenvalue weighted by Crippen LogP contribution is 2.25. The lowest BCUT2D eigenvalue weighted by molar-refractivity contribution is 0.544. The third-order valence-corrected chi connectivity index (χ3v) is 4.09. The first-order chi connectivity index (χ1) is 9.92. The fourth-order valence-electron chi connectivity index (χ4n) is 3.06. The Bertz CT molecular complexity index is 624. The molecule has 3 N–H and O–H groups in total. The summed E-state index contributed by atoms with van der Waals surface area (Å²) >= 11 is 0. The molecule has 0 fully saturated rings. The molecular weight excluding hydrogens is 258 g/mol. The van der Waals surface area contributed by atoms with Gasteiger partial charge in [0.25, 0.3) is 0 Å². The van der Waals surface area contributed by atoms with Gasteiger partial charge in [-0.3, -0.25) is 16.3 Å². The zero-order valence-electron chi connectivity index (χ0n) is 13.6. The largest absolute Gasteiger partial charge is 0.271 e. The van der Waals surface area contributed by atoms with Gasteiger partial charge in [0.1, 0.15) is 0 Å². The Kier molecular flexibility index (Phi) is 4.76. The van der Waals surface area contributed by atoms with Gasteiger partial charge in [-0.2, -0.15) is 0 Å². The Balaban J connectivity index is 2.36. The van der Waals surface area contributed by atoms with Crippen LogP contribution in [0.25, 0.3) is 0 Å². The SMILES string of the molecule is Cc1cc(C)c(CC(NN)c2ccc(C)nc2C)c(C)c1. The number of rotatable bonds is 4. The second-order valence-corrected chi connectivity index (χ2v) is 5.93. The van der Waals surface area contributed by atoms with Gasteiger partial charge in [-0.25, -0.2) is 0 Å². The zero-order valence-corrected chi connectivity index (χ0v) is 13.6. The van der Waals surface area contributed by atoms with Gasteiger partial charge in [0.2, 0.25) is 0 Å². The highest BCUT2D eigenvalue weighted by atomic mass is 15.2. The summed E-state index contributed by atoms with van der Waals surface area (Å²) in [7, 11) is 0. The Hall–Kier alpha value is -1.71. The van der Waals surface area contributed by atoms with E-state index in [1.807, 2.05) is 19.9 Å². The van der Waals surface area contributed by atoms with Crippen LogP contribution in [0.1, 0.15) is 45.2 Å². The minimum atomic E-state index is 0.0817. The number of hydrogen-bond donors (Lipinski definition) is 2. The second-order valence-electron chi connectivity index (χ2n) is 5.93. The molecule has 0 amide bonds. The molecule has 3 heteroatoms. The van der Waals surface area contributed by atoms with Crippen LogP contribution in [0, 0.1) is 34.6 Å². The smallest absolute Gasteiger partial charge is 0.0518 e. The number of nitrogens with zero attached hydrogens (tertiary/aromatic N) is 1. The first-order valence-corrected chi connectivity index (χ1v) is 7.39. The fourth-order valence-corrected chi connectivity index (χ4v) is 3.06. The van der Waals surface area contributed by atoms with Crippen LogP contribution in [-0.2, 0) is 6.42 Å². The summed E-state index contributed by atoms with van der Waals surface area (Å²) in [5, 5.41) is 0. The van der Waals surface area contributed by atoms with Crippen molar-refractivity contribution in [3.63, 3.8) is 0 Å². The maximum atomic E-state index is 5.81. The standard InChI is InChI=1S/C18H25N3/c1-11-8-12(2)17(13(3)9-11)10-18(21-19)16-7-6-14(4)20-15(16)5/h6-9,18,21H,10,19H2,1-5H3. The van der Waals surface area contributed by atoms with Crippen LogP contribution in [0.3, 0.4) is 0 Å². The van der Waals surface area contributed by atoms with E-state index in [1.54, 1.807) is 0 Å². The number of benzene rings is 1. The molecule has 0 saturated heterocycles. The number of aromatic nitrogens is 1. The normalized spacial score (nSPS) is 12.5. The molecule has 1 heterocycles. The maximum absolute atomic E-state index is 5.81. The van der Waals surface area contributed by atoms with Crippen LogP contribution >= 0.6 is 0 Å². The number of aryl methyl sites for hydroxylation is 5. The van der Waals surface area contributed by atoms with Crippen LogP contribution < -0.4 is 11.3 Å². The average Bonchev–Trinajstić information content (AvgIpc) is 2.39. The number of hydrogen-bond acceptors (Lipinski definition) is 3. The molecule has 1 atom stereocenters. The summed E-state index contributed by atoms with van der Waals surface area (Å²) in [5.41, 5.74) is 11.5. The van der Waals surface area contributed by atoms with Gasteiger partial charge in [0.15, 0.2) is 0 Å². The average molecular weight is 283 g/mol. The highest BCUT2D eigenvalue weighted by Gasteiger charge is 2.16. The van der Waals surface area contributed by atoms with Crippen molar-refractivity contribution >= 4 is 0 Å². The quantitative estimate of drug-likeness (QED) is 0.668. The lowest BCUT2D eigenvalue weighted by atomic mass is 9.91. The molecule has 0 bridgehead atoms. The van der Waals surface area contributed by atoms with Crippen molar-refractivity contribution in [1.82, 2.24) is 10.4 Å². The van der Waals surface area contributed by atoms with Gasteiger partial charge in [-0.1, -0.05) is 23.8 Å². The summed E-state index contributed by atoms with van der Waals surface area (Å²) in [6.07, 6.45) is 0.875. The van der Waals surface area contributed by atoms with E-state index < -0.39 is 0 Å². The Morgan fingerprint density at radius 3 is 2.19 bits per heavy atom. The minimum Gasteiger partial charge on any atom is -0.271 e. The third-order valence-electron chi connectivity index (χ3n) is 4.09. The molecular formula is C18H25N3. The lowest BCUT2D eigenvalue weighted by Crippen LogP contribution is -2.30. The molecule has 0 spiro atoms. The lowest BCUT2D eigenvalue weighted by Gasteiger charge is -2.21. The zero-order chi connectivity index (χ0) is 15.6. The minimum absolute atomic E-state index is 0.0817. The molecule has 1 aromatic heterocycles. The van der Waals surface area contributed by atoms with Gasteiger partial charge in [-0.05, 0) is 69.4 Å². The molecule has 21 heavy (non-hydrogen) atoms. The maximum Gasteiger partial charge on any atom is 0.0518 e. The van der Waals surface area contributed by atoms with Crippen LogP contribution in [0.5, 0.6) is 0 Å². The molecule has 0 aliphatic rings. The number of nitrogens with two attached hydrogens (primary N) is 1. The summed E-state index contributed by atoms with van der Waals surface area (Å²) in [5.74, 6) is 5.81. The topological polar surface area (TPSA) is 50.9 Å². The van der Waals surface area contributed by atoms with E-state index in [4.69, 9.17) is 5.84 Å². The Labute approximate surface area is 127 Å². The van der Waals surface area contributed by atoms with Crippen molar-refractivity contribution in [2.45, 2.75) is 47.1 Å². The summed E-state index contributed by atoms with van der Waals surface area (Å²) in [6, 6.07) is 8.72. The van der Waals surface area contributed by atoms with E-state index in [2.05, 4.69) is 49.4 Å². The molecule has 0 aliphatic heterocycles. The van der Waals surface area contributed by atoms with E-state index in [-0.39, 0.29) is 6.04 Å². The highest BCUT2D eigenvalue weighted by molar-refractivity contribution is 5.39. The summed E-state index contributed by atoms with van der Waals surface area (Å²) in [6.45, 7) is 10.5. The fraction of sp³-hybridized carbons (Fsp3) is 0.389. The van der Waals surface area contributed by atoms with Crippen LogP contribution in [-0.4, -0.2) is 4.98 Å². The van der Waals surface area contributed by atoms with E-state index in [1.165, 1.54) is 27.8 Å². The first-order valence-electron chi connectivity index (χ1n) is 7.39. The monoisotopic (exact) mass is 283 g/mol. The van der Waals surface area contributed by atoms with Gasteiger partial charge >= 0.3 is 0 Å². The van der Waals surface area contributed by atoms with Crippen molar-refractivity contribution in [2.75, 3.05) is 0 Å². The van der Waals surface area contributed by atoms with E-state index in [0.29, 0.717) is 0 Å². The van der Waals surface area contributed by atoms with Gasteiger partial charge in [-0.15, -0.1) is 0 Å². The predicted molar refractivity (Wildman–Crippen MR) is 88.1 cm³/mol. The molecule has 2 aromatic rings. The molecule has 0 radical (unpaired) electrons.